The lowest BCUT2D eigenvalue weighted by Crippen LogP contribution is -2.60. The highest BCUT2D eigenvalue weighted by molar-refractivity contribution is 7.80. The Bertz CT molecular complexity index is 1960. The van der Waals surface area contributed by atoms with Crippen molar-refractivity contribution in [3.05, 3.63) is 48.0 Å². The van der Waals surface area contributed by atoms with Crippen molar-refractivity contribution in [3.8, 4) is 0 Å². The van der Waals surface area contributed by atoms with E-state index in [1.165, 1.54) is 24.2 Å². The molecule has 2 aliphatic rings. The van der Waals surface area contributed by atoms with E-state index in [0.717, 1.165) is 16.9 Å². The third kappa shape index (κ3) is 18.0. The van der Waals surface area contributed by atoms with Crippen molar-refractivity contribution in [3.63, 3.8) is 0 Å². The van der Waals surface area contributed by atoms with Crippen LogP contribution in [0.5, 0.6) is 0 Å². The number of imide groups is 1. The number of nitrogens with zero attached hydrogens (tertiary/aromatic N) is 4. The van der Waals surface area contributed by atoms with Gasteiger partial charge in [-0.25, -0.2) is 4.79 Å². The average molecular weight is 1030 g/mol. The second kappa shape index (κ2) is 31.0. The van der Waals surface area contributed by atoms with Gasteiger partial charge >= 0.3 is 5.97 Å². The van der Waals surface area contributed by atoms with Crippen LogP contribution < -0.4 is 10.6 Å². The molecule has 0 bridgehead atoms. The molecular weight excluding hydrogens is 949 g/mol. The van der Waals surface area contributed by atoms with E-state index in [1.807, 2.05) is 78.8 Å². The maximum absolute atomic E-state index is 14.6. The molecule has 0 radical (unpaired) electrons. The number of aliphatic carboxylic acids is 1. The second-order valence-corrected chi connectivity index (χ2v) is 19.8. The lowest BCUT2D eigenvalue weighted by molar-refractivity contribution is -0.148. The molecule has 0 aliphatic carbocycles. The van der Waals surface area contributed by atoms with Gasteiger partial charge in [-0.15, -0.1) is 0 Å². The number of amides is 6. The summed E-state index contributed by atoms with van der Waals surface area (Å²) in [6, 6.07) is 5.58. The molecule has 0 spiro atoms. The number of ether oxygens (including phenoxy) is 5. The van der Waals surface area contributed by atoms with Crippen molar-refractivity contribution in [2.75, 3.05) is 81.0 Å². The summed E-state index contributed by atoms with van der Waals surface area (Å²) in [5.41, 5.74) is 0.852. The number of likely N-dealkylation sites (N-methyl/N-ethyl adjacent to an activating group) is 2. The third-order valence-electron chi connectivity index (χ3n) is 13.7. The van der Waals surface area contributed by atoms with E-state index in [0.29, 0.717) is 24.4 Å². The van der Waals surface area contributed by atoms with Gasteiger partial charge < -0.3 is 54.1 Å². The molecule has 2 heterocycles. The minimum atomic E-state index is -1.03. The van der Waals surface area contributed by atoms with Crippen LogP contribution in [0.3, 0.4) is 0 Å². The fraction of sp³-hybridized carbons (Fsp3) is 0.692. The number of carbonyl (C=O) groups excluding carboxylic acids is 6. The lowest BCUT2D eigenvalue weighted by Gasteiger charge is -2.41. The van der Waals surface area contributed by atoms with Crippen molar-refractivity contribution in [1.82, 2.24) is 30.2 Å². The molecule has 3 rings (SSSR count). The van der Waals surface area contributed by atoms with Gasteiger partial charge in [0.2, 0.25) is 23.6 Å². The number of thiocarbonyl (C=S) groups is 1. The molecule has 0 saturated carbocycles. The first-order valence-corrected chi connectivity index (χ1v) is 25.6. The molecule has 72 heavy (non-hydrogen) atoms. The average Bonchev–Trinajstić information content (AvgIpc) is 3.96. The molecule has 1 aromatic rings. The monoisotopic (exact) mass is 1030 g/mol. The van der Waals surface area contributed by atoms with Gasteiger partial charge in [0.05, 0.1) is 88.3 Å². The third-order valence-corrected chi connectivity index (χ3v) is 14.2. The van der Waals surface area contributed by atoms with Crippen LogP contribution in [-0.2, 0) is 63.7 Å². The van der Waals surface area contributed by atoms with Crippen LogP contribution in [0.2, 0.25) is 0 Å². The Morgan fingerprint density at radius 1 is 0.819 bits per heavy atom. The summed E-state index contributed by atoms with van der Waals surface area (Å²) in [4.78, 5) is 98.2. The fourth-order valence-electron chi connectivity index (χ4n) is 9.40. The Labute approximate surface area is 432 Å². The van der Waals surface area contributed by atoms with Gasteiger partial charge in [0.1, 0.15) is 18.1 Å². The molecule has 3 N–H and O–H groups in total. The highest BCUT2D eigenvalue weighted by atomic mass is 32.1. The van der Waals surface area contributed by atoms with Gasteiger partial charge in [-0.1, -0.05) is 97.4 Å². The standard InChI is InChI=1S/C52H82N6O13S/c1-12-35(6)47(40(67-10)32-44(62)57-23-16-19-39(57)48(68-11)36(7)50(72)53-38(52(65)66)31-37-17-14-13-15-18-37)56(9)51(64)45(33(2)3)54-49(63)46(34(4)5)55(8)41(59)22-25-69-27-29-71-30-28-70-26-24-58-42(60)20-21-43(58)61/h13-15,17-18,20-21,33-36,38-40,45-48H,12,16,19,22-32H2,1-11H3,(H,53,72)(H,54,63)(H,65,66). The first-order valence-electron chi connectivity index (χ1n) is 25.2. The number of likely N-dealkylation sites (tertiary alicyclic amines) is 1. The van der Waals surface area contributed by atoms with E-state index in [9.17, 15) is 38.7 Å². The smallest absolute Gasteiger partial charge is 0.326 e. The molecular formula is C52H82N6O13S. The number of methoxy groups -OCH3 is 2. The molecule has 404 valence electrons. The van der Waals surface area contributed by atoms with Crippen molar-refractivity contribution in [2.45, 2.75) is 129 Å². The van der Waals surface area contributed by atoms with E-state index in [1.54, 1.807) is 31.0 Å². The zero-order chi connectivity index (χ0) is 53.7. The first-order chi connectivity index (χ1) is 34.2. The number of benzene rings is 1. The molecule has 1 saturated heterocycles. The number of nitrogens with one attached hydrogen (secondary N) is 2. The Hall–Kier alpha value is -4.86. The number of carboxylic acid groups (broad SMARTS) is 1. The molecule has 1 fully saturated rings. The number of carboxylic acids is 1. The predicted octanol–water partition coefficient (Wildman–Crippen LogP) is 3.51. The highest BCUT2D eigenvalue weighted by Gasteiger charge is 2.43. The van der Waals surface area contributed by atoms with Crippen LogP contribution in [0.1, 0.15) is 86.1 Å². The van der Waals surface area contributed by atoms with E-state index in [-0.39, 0.29) is 119 Å². The van der Waals surface area contributed by atoms with E-state index < -0.39 is 54.2 Å². The van der Waals surface area contributed by atoms with E-state index >= 15 is 0 Å². The number of rotatable bonds is 33. The molecule has 0 aromatic heterocycles. The van der Waals surface area contributed by atoms with Crippen LogP contribution in [0.25, 0.3) is 0 Å². The number of hydrogen-bond donors (Lipinski definition) is 3. The predicted molar refractivity (Wildman–Crippen MR) is 275 cm³/mol. The molecule has 20 heteroatoms. The van der Waals surface area contributed by atoms with Crippen LogP contribution in [0, 0.1) is 23.7 Å². The Morgan fingerprint density at radius 2 is 1.42 bits per heavy atom. The Balaban J connectivity index is 1.60. The van der Waals surface area contributed by atoms with Gasteiger partial charge in [-0.2, -0.15) is 0 Å². The fourth-order valence-corrected chi connectivity index (χ4v) is 9.67. The molecule has 2 aliphatic heterocycles. The number of hydrogen-bond acceptors (Lipinski definition) is 13. The van der Waals surface area contributed by atoms with Crippen molar-refractivity contribution < 1.29 is 62.4 Å². The summed E-state index contributed by atoms with van der Waals surface area (Å²) in [5.74, 6) is -4.26. The number of carbonyl (C=O) groups is 7. The summed E-state index contributed by atoms with van der Waals surface area (Å²) < 4.78 is 28.7. The van der Waals surface area contributed by atoms with Gasteiger partial charge in [-0.05, 0) is 36.2 Å². The van der Waals surface area contributed by atoms with Crippen LogP contribution in [-0.4, -0.2) is 195 Å². The lowest BCUT2D eigenvalue weighted by atomic mass is 9.89. The molecule has 6 amide bonds. The minimum absolute atomic E-state index is 0.0122. The summed E-state index contributed by atoms with van der Waals surface area (Å²) in [6.45, 7) is 15.2. The Morgan fingerprint density at radius 3 is 1.96 bits per heavy atom. The SMILES string of the molecule is CCC(C)C(C(CC(=O)N1CCCC1C(OC)C(C)C(=S)NC(Cc1ccccc1)C(=O)O)OC)N(C)C(=O)C(NC(=O)C(C(C)C)N(C)C(=O)CCOCCOCCOCCN1C(=O)C=CC1=O)C(C)C. The van der Waals surface area contributed by atoms with Gasteiger partial charge in [-0.3, -0.25) is 33.7 Å². The topological polar surface area (TPSA) is 223 Å². The zero-order valence-corrected chi connectivity index (χ0v) is 45.2. The second-order valence-electron chi connectivity index (χ2n) is 19.4. The summed E-state index contributed by atoms with van der Waals surface area (Å²) >= 11 is 5.78. The van der Waals surface area contributed by atoms with Crippen LogP contribution >= 0.6 is 12.2 Å². The van der Waals surface area contributed by atoms with Gasteiger partial charge in [0, 0.05) is 59.4 Å². The quantitative estimate of drug-likeness (QED) is 0.0521. The summed E-state index contributed by atoms with van der Waals surface area (Å²) in [6.07, 6.45) is 3.45. The van der Waals surface area contributed by atoms with Crippen LogP contribution in [0.15, 0.2) is 42.5 Å². The van der Waals surface area contributed by atoms with Crippen molar-refractivity contribution in [1.29, 1.82) is 0 Å². The molecule has 9 unspecified atom stereocenters. The zero-order valence-electron chi connectivity index (χ0n) is 44.3. The maximum Gasteiger partial charge on any atom is 0.326 e. The summed E-state index contributed by atoms with van der Waals surface area (Å²) in [7, 11) is 6.33. The first kappa shape index (κ1) is 61.4. The normalized spacial score (nSPS) is 18.1. The van der Waals surface area contributed by atoms with Crippen molar-refractivity contribution >= 4 is 58.6 Å². The van der Waals surface area contributed by atoms with E-state index in [2.05, 4.69) is 10.6 Å². The van der Waals surface area contributed by atoms with E-state index in [4.69, 9.17) is 35.9 Å². The molecule has 19 nitrogen and oxygen atoms in total. The van der Waals surface area contributed by atoms with Gasteiger partial charge in [0.25, 0.3) is 11.8 Å². The van der Waals surface area contributed by atoms with Crippen LogP contribution in [0.4, 0.5) is 0 Å². The summed E-state index contributed by atoms with van der Waals surface area (Å²) in [5, 5.41) is 16.1. The van der Waals surface area contributed by atoms with Crippen molar-refractivity contribution in [2.24, 2.45) is 23.7 Å². The highest BCUT2D eigenvalue weighted by Crippen LogP contribution is 2.30. The Kier molecular flexibility index (Phi) is 26.5. The molecule has 1 aromatic carbocycles. The largest absolute Gasteiger partial charge is 0.480 e. The maximum atomic E-state index is 14.6. The minimum Gasteiger partial charge on any atom is -0.480 e. The molecule has 9 atom stereocenters. The van der Waals surface area contributed by atoms with Gasteiger partial charge in [0.15, 0.2) is 0 Å².